The molecule has 8 nitrogen and oxygen atoms in total. The van der Waals surface area contributed by atoms with Gasteiger partial charge in [-0.3, -0.25) is 14.9 Å². The maximum Gasteiger partial charge on any atom is 0.257 e. The van der Waals surface area contributed by atoms with Crippen LogP contribution in [0.1, 0.15) is 30.1 Å². The van der Waals surface area contributed by atoms with Crippen molar-refractivity contribution in [3.63, 3.8) is 0 Å². The molecule has 0 atom stereocenters. The van der Waals surface area contributed by atoms with E-state index in [2.05, 4.69) is 24.3 Å². The molecule has 0 spiro atoms. The lowest BCUT2D eigenvalue weighted by molar-refractivity contribution is -0.131. The highest BCUT2D eigenvalue weighted by Crippen LogP contribution is 2.20. The number of fused-ring (bicyclic) bond motifs is 1. The van der Waals surface area contributed by atoms with Gasteiger partial charge in [0.25, 0.3) is 5.91 Å². The van der Waals surface area contributed by atoms with Crippen LogP contribution in [0.3, 0.4) is 0 Å². The molecule has 10 heteroatoms. The van der Waals surface area contributed by atoms with Gasteiger partial charge in [0.1, 0.15) is 11.0 Å². The van der Waals surface area contributed by atoms with Gasteiger partial charge in [-0.25, -0.2) is 0 Å². The summed E-state index contributed by atoms with van der Waals surface area (Å²) >= 11 is 6.40. The normalized spacial score (nSPS) is 13.8. The van der Waals surface area contributed by atoms with Crippen molar-refractivity contribution in [2.24, 2.45) is 0 Å². The van der Waals surface area contributed by atoms with E-state index in [0.29, 0.717) is 17.5 Å². The maximum atomic E-state index is 12.5. The predicted molar refractivity (Wildman–Crippen MR) is 131 cm³/mol. The minimum atomic E-state index is -0.301. The van der Waals surface area contributed by atoms with Crippen LogP contribution in [0.2, 0.25) is 0 Å². The molecule has 4 rings (SSSR count). The minimum Gasteiger partial charge on any atom is -0.368 e. The summed E-state index contributed by atoms with van der Waals surface area (Å²) in [5.41, 5.74) is 3.81. The molecule has 0 aliphatic carbocycles. The van der Waals surface area contributed by atoms with E-state index in [1.165, 1.54) is 0 Å². The molecule has 2 amide bonds. The van der Waals surface area contributed by atoms with E-state index in [0.717, 1.165) is 61.2 Å². The molecule has 1 saturated heterocycles. The van der Waals surface area contributed by atoms with Gasteiger partial charge in [0.05, 0.1) is 11.7 Å². The van der Waals surface area contributed by atoms with Crippen LogP contribution in [0.25, 0.3) is 11.0 Å². The number of carbonyl (C=O) groups is 2. The number of amides is 2. The standard InChI is InChI=1S/C22H24N6O2S2/c1-2-3-20(29)28-12-10-27(11-13-28)17-7-5-16(6-8-17)23-22(31)24-21(30)15-4-9-18-19(14-15)26-32-25-18/h4-9,14H,2-3,10-13H2,1H3,(H2,23,24,30,31). The first-order valence-corrected chi connectivity index (χ1v) is 11.6. The highest BCUT2D eigenvalue weighted by Gasteiger charge is 2.20. The molecule has 1 aromatic heterocycles. The first-order valence-electron chi connectivity index (χ1n) is 10.5. The third-order valence-corrected chi connectivity index (χ3v) is 6.09. The molecule has 3 aromatic rings. The SMILES string of the molecule is CCCC(=O)N1CCN(c2ccc(NC(=S)NC(=O)c3ccc4nsnc4c3)cc2)CC1. The summed E-state index contributed by atoms with van der Waals surface area (Å²) in [7, 11) is 0. The molecular formula is C22H24N6O2S2. The number of nitrogens with one attached hydrogen (secondary N) is 2. The predicted octanol–water partition coefficient (Wildman–Crippen LogP) is 3.27. The highest BCUT2D eigenvalue weighted by molar-refractivity contribution is 7.80. The Morgan fingerprint density at radius 1 is 1.03 bits per heavy atom. The second-order valence-corrected chi connectivity index (χ2v) is 8.48. The van der Waals surface area contributed by atoms with E-state index in [1.54, 1.807) is 18.2 Å². The second kappa shape index (κ2) is 10.0. The fourth-order valence-corrected chi connectivity index (χ4v) is 4.33. The zero-order valence-electron chi connectivity index (χ0n) is 17.7. The van der Waals surface area contributed by atoms with Gasteiger partial charge in [-0.2, -0.15) is 8.75 Å². The Morgan fingerprint density at radius 3 is 2.47 bits per heavy atom. The molecule has 166 valence electrons. The van der Waals surface area contributed by atoms with Crippen molar-refractivity contribution < 1.29 is 9.59 Å². The quantitative estimate of drug-likeness (QED) is 0.556. The van der Waals surface area contributed by atoms with Gasteiger partial charge < -0.3 is 15.1 Å². The summed E-state index contributed by atoms with van der Waals surface area (Å²) in [6.07, 6.45) is 1.50. The fraction of sp³-hybridized carbons (Fsp3) is 0.318. The van der Waals surface area contributed by atoms with E-state index in [-0.39, 0.29) is 16.9 Å². The van der Waals surface area contributed by atoms with E-state index in [9.17, 15) is 9.59 Å². The fourth-order valence-electron chi connectivity index (χ4n) is 3.60. The minimum absolute atomic E-state index is 0.224. The molecule has 2 N–H and O–H groups in total. The molecule has 0 radical (unpaired) electrons. The summed E-state index contributed by atoms with van der Waals surface area (Å²) in [4.78, 5) is 28.7. The summed E-state index contributed by atoms with van der Waals surface area (Å²) in [5, 5.41) is 5.96. The van der Waals surface area contributed by atoms with Gasteiger partial charge in [0, 0.05) is 49.5 Å². The number of thiocarbonyl (C=S) groups is 1. The van der Waals surface area contributed by atoms with E-state index in [1.807, 2.05) is 36.1 Å². The van der Waals surface area contributed by atoms with Crippen LogP contribution in [-0.2, 0) is 4.79 Å². The summed E-state index contributed by atoms with van der Waals surface area (Å²) < 4.78 is 8.29. The monoisotopic (exact) mass is 468 g/mol. The van der Waals surface area contributed by atoms with Crippen molar-refractivity contribution >= 4 is 63.3 Å². The topological polar surface area (TPSA) is 90.5 Å². The lowest BCUT2D eigenvalue weighted by atomic mass is 10.2. The van der Waals surface area contributed by atoms with Gasteiger partial charge >= 0.3 is 0 Å². The van der Waals surface area contributed by atoms with Crippen LogP contribution in [0.15, 0.2) is 42.5 Å². The smallest absolute Gasteiger partial charge is 0.257 e. The van der Waals surface area contributed by atoms with Crippen LogP contribution < -0.4 is 15.5 Å². The molecule has 0 bridgehead atoms. The third kappa shape index (κ3) is 5.20. The highest BCUT2D eigenvalue weighted by atomic mass is 32.1. The Bertz CT molecular complexity index is 1120. The molecule has 2 aromatic carbocycles. The van der Waals surface area contributed by atoms with Crippen molar-refractivity contribution in [3.05, 3.63) is 48.0 Å². The number of rotatable bonds is 5. The Hall–Kier alpha value is -3.11. The number of anilines is 2. The van der Waals surface area contributed by atoms with Crippen molar-refractivity contribution in [1.82, 2.24) is 19.0 Å². The number of aromatic nitrogens is 2. The third-order valence-electron chi connectivity index (χ3n) is 5.33. The van der Waals surface area contributed by atoms with Gasteiger partial charge in [0.2, 0.25) is 5.91 Å². The number of benzene rings is 2. The average molecular weight is 469 g/mol. The largest absolute Gasteiger partial charge is 0.368 e. The van der Waals surface area contributed by atoms with Gasteiger partial charge in [0.15, 0.2) is 5.11 Å². The van der Waals surface area contributed by atoms with Crippen LogP contribution in [0, 0.1) is 0 Å². The molecule has 1 fully saturated rings. The molecule has 0 saturated carbocycles. The Labute approximate surface area is 195 Å². The zero-order valence-corrected chi connectivity index (χ0v) is 19.3. The Balaban J connectivity index is 1.29. The van der Waals surface area contributed by atoms with Crippen LogP contribution in [0.5, 0.6) is 0 Å². The van der Waals surface area contributed by atoms with E-state index >= 15 is 0 Å². The molecule has 1 aliphatic heterocycles. The Morgan fingerprint density at radius 2 is 1.75 bits per heavy atom. The lowest BCUT2D eigenvalue weighted by Crippen LogP contribution is -2.48. The number of nitrogens with zero attached hydrogens (tertiary/aromatic N) is 4. The Kier molecular flexibility index (Phi) is 6.91. The molecular weight excluding hydrogens is 444 g/mol. The first-order chi connectivity index (χ1) is 15.5. The lowest BCUT2D eigenvalue weighted by Gasteiger charge is -2.36. The van der Waals surface area contributed by atoms with Crippen LogP contribution >= 0.6 is 23.9 Å². The van der Waals surface area contributed by atoms with Crippen molar-refractivity contribution in [2.45, 2.75) is 19.8 Å². The van der Waals surface area contributed by atoms with Crippen LogP contribution in [0.4, 0.5) is 11.4 Å². The molecule has 0 unspecified atom stereocenters. The number of hydrogen-bond acceptors (Lipinski definition) is 7. The van der Waals surface area contributed by atoms with E-state index in [4.69, 9.17) is 12.2 Å². The van der Waals surface area contributed by atoms with E-state index < -0.39 is 0 Å². The first kappa shape index (κ1) is 22.1. The molecule has 2 heterocycles. The van der Waals surface area contributed by atoms with Crippen LogP contribution in [-0.4, -0.2) is 56.8 Å². The van der Waals surface area contributed by atoms with Crippen molar-refractivity contribution in [1.29, 1.82) is 0 Å². The zero-order chi connectivity index (χ0) is 22.5. The summed E-state index contributed by atoms with van der Waals surface area (Å²) in [6.45, 7) is 5.15. The van der Waals surface area contributed by atoms with Crippen molar-refractivity contribution in [2.75, 3.05) is 36.4 Å². The summed E-state index contributed by atoms with van der Waals surface area (Å²) in [5.74, 6) is -0.0602. The molecule has 1 aliphatic rings. The van der Waals surface area contributed by atoms with Gasteiger partial charge in [-0.05, 0) is 61.1 Å². The average Bonchev–Trinajstić information content (AvgIpc) is 3.28. The second-order valence-electron chi connectivity index (χ2n) is 7.54. The number of piperazine rings is 1. The molecule has 32 heavy (non-hydrogen) atoms. The van der Waals surface area contributed by atoms with Gasteiger partial charge in [-0.1, -0.05) is 6.92 Å². The summed E-state index contributed by atoms with van der Waals surface area (Å²) in [6, 6.07) is 13.0. The maximum absolute atomic E-state index is 12.5. The van der Waals surface area contributed by atoms with Crippen molar-refractivity contribution in [3.8, 4) is 0 Å². The number of carbonyl (C=O) groups excluding carboxylic acids is 2. The van der Waals surface area contributed by atoms with Gasteiger partial charge in [-0.15, -0.1) is 0 Å². The number of hydrogen-bond donors (Lipinski definition) is 2.